The Bertz CT molecular complexity index is 137. The lowest BCUT2D eigenvalue weighted by Gasteiger charge is -2.32. The van der Waals surface area contributed by atoms with Gasteiger partial charge in [0.15, 0.2) is 0 Å². The van der Waals surface area contributed by atoms with Crippen LogP contribution in [0, 0.1) is 12.3 Å². The summed E-state index contributed by atoms with van der Waals surface area (Å²) in [6.07, 6.45) is 5.21. The summed E-state index contributed by atoms with van der Waals surface area (Å²) in [6.45, 7) is 6.23. The average molecular weight is 138 g/mol. The van der Waals surface area contributed by atoms with Crippen LogP contribution >= 0.6 is 0 Å². The first-order chi connectivity index (χ1) is 4.84. The third-order valence-electron chi connectivity index (χ3n) is 1.93. The fourth-order valence-corrected chi connectivity index (χ4v) is 1.24. The van der Waals surface area contributed by atoms with Crippen LogP contribution in [0.4, 0.5) is 0 Å². The molecular formula is C8H14N2. The second-order valence-electron chi connectivity index (χ2n) is 2.73. The maximum absolute atomic E-state index is 5.21. The summed E-state index contributed by atoms with van der Waals surface area (Å²) in [4.78, 5) is 2.32. The first-order valence-corrected chi connectivity index (χ1v) is 3.73. The second-order valence-corrected chi connectivity index (χ2v) is 2.73. The smallest absolute Gasteiger partial charge is 0.0602 e. The lowest BCUT2D eigenvalue weighted by molar-refractivity contribution is 0.196. The summed E-state index contributed by atoms with van der Waals surface area (Å²) in [6, 6.07) is 0.602. The molecule has 0 aromatic heterocycles. The molecule has 0 spiro atoms. The van der Waals surface area contributed by atoms with E-state index >= 15 is 0 Å². The quantitative estimate of drug-likeness (QED) is 0.510. The Balaban J connectivity index is 2.34. The Morgan fingerprint density at radius 3 is 3.20 bits per heavy atom. The Morgan fingerprint density at radius 2 is 2.60 bits per heavy atom. The number of nitrogens with one attached hydrogen (secondary N) is 1. The van der Waals surface area contributed by atoms with Crippen molar-refractivity contribution in [3.8, 4) is 12.3 Å². The van der Waals surface area contributed by atoms with Crippen LogP contribution in [0.25, 0.3) is 0 Å². The van der Waals surface area contributed by atoms with Gasteiger partial charge in [0.05, 0.1) is 6.54 Å². The van der Waals surface area contributed by atoms with Gasteiger partial charge >= 0.3 is 0 Å². The maximum atomic E-state index is 5.21. The molecule has 1 fully saturated rings. The highest BCUT2D eigenvalue weighted by molar-refractivity contribution is 4.91. The van der Waals surface area contributed by atoms with Gasteiger partial charge in [-0.05, 0) is 6.92 Å². The van der Waals surface area contributed by atoms with E-state index in [1.165, 1.54) is 0 Å². The van der Waals surface area contributed by atoms with Crippen molar-refractivity contribution in [3.05, 3.63) is 0 Å². The van der Waals surface area contributed by atoms with Gasteiger partial charge in [-0.25, -0.2) is 0 Å². The van der Waals surface area contributed by atoms with Crippen LogP contribution in [0.1, 0.15) is 6.92 Å². The third kappa shape index (κ3) is 1.73. The van der Waals surface area contributed by atoms with Gasteiger partial charge in [0.25, 0.3) is 0 Å². The fraction of sp³-hybridized carbons (Fsp3) is 0.750. The largest absolute Gasteiger partial charge is 0.314 e. The molecule has 1 aliphatic rings. The monoisotopic (exact) mass is 138 g/mol. The summed E-state index contributed by atoms with van der Waals surface area (Å²) in [5.41, 5.74) is 0. The molecular weight excluding hydrogens is 124 g/mol. The molecule has 0 aromatic carbocycles. The lowest BCUT2D eigenvalue weighted by atomic mass is 10.2. The van der Waals surface area contributed by atoms with Gasteiger partial charge in [0.1, 0.15) is 0 Å². The molecule has 2 nitrogen and oxygen atoms in total. The van der Waals surface area contributed by atoms with Crippen LogP contribution in [0.2, 0.25) is 0 Å². The molecule has 0 unspecified atom stereocenters. The Labute approximate surface area is 62.6 Å². The minimum Gasteiger partial charge on any atom is -0.314 e. The van der Waals surface area contributed by atoms with E-state index in [-0.39, 0.29) is 0 Å². The third-order valence-corrected chi connectivity index (χ3v) is 1.93. The minimum atomic E-state index is 0.602. The van der Waals surface area contributed by atoms with Crippen molar-refractivity contribution in [2.24, 2.45) is 0 Å². The van der Waals surface area contributed by atoms with Crippen molar-refractivity contribution < 1.29 is 0 Å². The van der Waals surface area contributed by atoms with Crippen molar-refractivity contribution >= 4 is 0 Å². The topological polar surface area (TPSA) is 15.3 Å². The molecule has 1 aliphatic heterocycles. The van der Waals surface area contributed by atoms with E-state index in [0.29, 0.717) is 6.04 Å². The zero-order valence-corrected chi connectivity index (χ0v) is 6.43. The predicted molar refractivity (Wildman–Crippen MR) is 42.7 cm³/mol. The second kappa shape index (κ2) is 3.60. The fourth-order valence-electron chi connectivity index (χ4n) is 1.24. The number of nitrogens with zero attached hydrogens (tertiary/aromatic N) is 1. The molecule has 0 aliphatic carbocycles. The minimum absolute atomic E-state index is 0.602. The summed E-state index contributed by atoms with van der Waals surface area (Å²) in [5.74, 6) is 2.67. The molecule has 1 N–H and O–H groups in total. The van der Waals surface area contributed by atoms with Crippen molar-refractivity contribution in [3.63, 3.8) is 0 Å². The van der Waals surface area contributed by atoms with E-state index < -0.39 is 0 Å². The van der Waals surface area contributed by atoms with Crippen LogP contribution in [-0.4, -0.2) is 37.1 Å². The van der Waals surface area contributed by atoms with Crippen molar-refractivity contribution in [2.45, 2.75) is 13.0 Å². The van der Waals surface area contributed by atoms with E-state index in [2.05, 4.69) is 23.1 Å². The molecule has 0 bridgehead atoms. The van der Waals surface area contributed by atoms with Gasteiger partial charge in [-0.1, -0.05) is 5.92 Å². The van der Waals surface area contributed by atoms with Crippen molar-refractivity contribution in [1.82, 2.24) is 10.2 Å². The molecule has 10 heavy (non-hydrogen) atoms. The number of hydrogen-bond donors (Lipinski definition) is 1. The Morgan fingerprint density at radius 1 is 1.80 bits per heavy atom. The van der Waals surface area contributed by atoms with Crippen molar-refractivity contribution in [2.75, 3.05) is 26.2 Å². The van der Waals surface area contributed by atoms with Crippen molar-refractivity contribution in [1.29, 1.82) is 0 Å². The molecule has 0 radical (unpaired) electrons. The molecule has 1 heterocycles. The average Bonchev–Trinajstić information content (AvgIpc) is 1.94. The van der Waals surface area contributed by atoms with Gasteiger partial charge in [0, 0.05) is 25.7 Å². The summed E-state index contributed by atoms with van der Waals surface area (Å²) >= 11 is 0. The molecule has 1 rings (SSSR count). The lowest BCUT2D eigenvalue weighted by Crippen LogP contribution is -2.49. The highest BCUT2D eigenvalue weighted by Crippen LogP contribution is 1.99. The van der Waals surface area contributed by atoms with E-state index in [1.807, 2.05) is 0 Å². The van der Waals surface area contributed by atoms with Gasteiger partial charge in [-0.15, -0.1) is 6.42 Å². The normalized spacial score (nSPS) is 27.8. The number of piperazine rings is 1. The van der Waals surface area contributed by atoms with Crippen LogP contribution in [0.3, 0.4) is 0 Å². The summed E-state index contributed by atoms with van der Waals surface area (Å²) < 4.78 is 0. The first-order valence-electron chi connectivity index (χ1n) is 3.73. The van der Waals surface area contributed by atoms with Gasteiger partial charge < -0.3 is 5.32 Å². The number of hydrogen-bond acceptors (Lipinski definition) is 2. The molecule has 2 heteroatoms. The standard InChI is InChI=1S/C8H14N2/c1-3-5-10-6-4-9-7-8(10)2/h1,8-9H,4-7H2,2H3/t8-/m1/s1. The van der Waals surface area contributed by atoms with Gasteiger partial charge in [-0.3, -0.25) is 4.90 Å². The number of terminal acetylenes is 1. The van der Waals surface area contributed by atoms with Crippen LogP contribution < -0.4 is 5.32 Å². The molecule has 0 aromatic rings. The SMILES string of the molecule is C#CCN1CCNC[C@H]1C. The van der Waals surface area contributed by atoms with Crippen LogP contribution in [-0.2, 0) is 0 Å². The Hall–Kier alpha value is -0.520. The summed E-state index contributed by atoms with van der Waals surface area (Å²) in [5, 5.41) is 3.31. The zero-order valence-electron chi connectivity index (χ0n) is 6.43. The van der Waals surface area contributed by atoms with Gasteiger partial charge in [0.2, 0.25) is 0 Å². The molecule has 1 atom stereocenters. The highest BCUT2D eigenvalue weighted by Gasteiger charge is 2.15. The maximum Gasteiger partial charge on any atom is 0.0602 e. The molecule has 0 amide bonds. The Kier molecular flexibility index (Phi) is 2.73. The molecule has 1 saturated heterocycles. The first kappa shape index (κ1) is 7.59. The van der Waals surface area contributed by atoms with Gasteiger partial charge in [-0.2, -0.15) is 0 Å². The van der Waals surface area contributed by atoms with E-state index in [0.717, 1.165) is 26.2 Å². The highest BCUT2D eigenvalue weighted by atomic mass is 15.2. The molecule has 56 valence electrons. The van der Waals surface area contributed by atoms with Crippen LogP contribution in [0.15, 0.2) is 0 Å². The number of rotatable bonds is 1. The van der Waals surface area contributed by atoms with Crippen LogP contribution in [0.5, 0.6) is 0 Å². The molecule has 0 saturated carbocycles. The predicted octanol–water partition coefficient (Wildman–Crippen LogP) is -0.0867. The summed E-state index contributed by atoms with van der Waals surface area (Å²) in [7, 11) is 0. The zero-order chi connectivity index (χ0) is 7.40. The van der Waals surface area contributed by atoms with E-state index in [9.17, 15) is 0 Å². The van der Waals surface area contributed by atoms with E-state index in [1.54, 1.807) is 0 Å². The van der Waals surface area contributed by atoms with E-state index in [4.69, 9.17) is 6.42 Å².